The summed E-state index contributed by atoms with van der Waals surface area (Å²) in [6, 6.07) is 13.7. The van der Waals surface area contributed by atoms with Crippen molar-refractivity contribution in [2.24, 2.45) is 0 Å². The van der Waals surface area contributed by atoms with E-state index < -0.39 is 0 Å². The first-order chi connectivity index (χ1) is 10.2. The van der Waals surface area contributed by atoms with Gasteiger partial charge in [0.05, 0.1) is 17.6 Å². The lowest BCUT2D eigenvalue weighted by Gasteiger charge is -2.20. The van der Waals surface area contributed by atoms with Crippen molar-refractivity contribution < 1.29 is 14.3 Å². The van der Waals surface area contributed by atoms with Crippen LogP contribution in [0.3, 0.4) is 0 Å². The van der Waals surface area contributed by atoms with Gasteiger partial charge in [-0.2, -0.15) is 0 Å². The van der Waals surface area contributed by atoms with Crippen LogP contribution in [0.4, 0.5) is 5.69 Å². The van der Waals surface area contributed by atoms with Gasteiger partial charge >= 0.3 is 0 Å². The first-order valence-corrected chi connectivity index (χ1v) is 7.43. The Hall–Kier alpha value is -2.01. The highest BCUT2D eigenvalue weighted by molar-refractivity contribution is 9.09. The zero-order valence-corrected chi connectivity index (χ0v) is 13.0. The molecule has 21 heavy (non-hydrogen) atoms. The summed E-state index contributed by atoms with van der Waals surface area (Å²) in [4.78, 5) is 11.4. The van der Waals surface area contributed by atoms with Gasteiger partial charge in [0.15, 0.2) is 6.61 Å². The molecule has 1 N–H and O–H groups in total. The maximum atomic E-state index is 11.4. The van der Waals surface area contributed by atoms with Crippen LogP contribution in [-0.4, -0.2) is 19.6 Å². The van der Waals surface area contributed by atoms with Gasteiger partial charge in [0.25, 0.3) is 5.91 Å². The molecule has 0 fully saturated rings. The summed E-state index contributed by atoms with van der Waals surface area (Å²) in [5.41, 5.74) is 2.87. The summed E-state index contributed by atoms with van der Waals surface area (Å²) in [5.74, 6) is 1.40. The lowest BCUT2D eigenvalue weighted by atomic mass is 10.0. The SMILES string of the molecule is COc1ccc(C(Br)c2ccc3c(c2)NC(=O)CO3)cc1. The third kappa shape index (κ3) is 2.88. The summed E-state index contributed by atoms with van der Waals surface area (Å²) < 4.78 is 10.5. The summed E-state index contributed by atoms with van der Waals surface area (Å²) in [5, 5.41) is 2.82. The van der Waals surface area contributed by atoms with Crippen LogP contribution in [0.5, 0.6) is 11.5 Å². The molecule has 0 bridgehead atoms. The number of rotatable bonds is 3. The van der Waals surface area contributed by atoms with Gasteiger partial charge in [-0.05, 0) is 35.4 Å². The first-order valence-electron chi connectivity index (χ1n) is 6.52. The minimum Gasteiger partial charge on any atom is -0.497 e. The van der Waals surface area contributed by atoms with Gasteiger partial charge in [0.1, 0.15) is 11.5 Å². The fourth-order valence-corrected chi connectivity index (χ4v) is 2.81. The Balaban J connectivity index is 1.88. The average Bonchev–Trinajstić information content (AvgIpc) is 2.53. The number of methoxy groups -OCH3 is 1. The van der Waals surface area contributed by atoms with Gasteiger partial charge in [0.2, 0.25) is 0 Å². The van der Waals surface area contributed by atoms with Crippen LogP contribution in [0.15, 0.2) is 42.5 Å². The highest BCUT2D eigenvalue weighted by Gasteiger charge is 2.18. The van der Waals surface area contributed by atoms with Crippen molar-refractivity contribution in [3.05, 3.63) is 53.6 Å². The number of ether oxygens (including phenoxy) is 2. The first kappa shape index (κ1) is 13.9. The molecule has 0 aliphatic carbocycles. The van der Waals surface area contributed by atoms with Gasteiger partial charge in [-0.3, -0.25) is 4.79 Å². The standard InChI is InChI=1S/C16H14BrNO3/c1-20-12-5-2-10(3-6-12)16(17)11-4-7-14-13(8-11)18-15(19)9-21-14/h2-8,16H,9H2,1H3,(H,18,19). The number of anilines is 1. The molecule has 4 nitrogen and oxygen atoms in total. The predicted octanol–water partition coefficient (Wildman–Crippen LogP) is 3.51. The van der Waals surface area contributed by atoms with E-state index in [0.717, 1.165) is 16.9 Å². The maximum Gasteiger partial charge on any atom is 0.262 e. The zero-order valence-electron chi connectivity index (χ0n) is 11.4. The molecular weight excluding hydrogens is 334 g/mol. The van der Waals surface area contributed by atoms with Crippen molar-refractivity contribution >= 4 is 27.5 Å². The second kappa shape index (κ2) is 5.77. The van der Waals surface area contributed by atoms with E-state index in [9.17, 15) is 4.79 Å². The van der Waals surface area contributed by atoms with E-state index in [1.165, 1.54) is 0 Å². The van der Waals surface area contributed by atoms with Gasteiger partial charge in [-0.15, -0.1) is 0 Å². The quantitative estimate of drug-likeness (QED) is 0.864. The number of hydrogen-bond acceptors (Lipinski definition) is 3. The van der Waals surface area contributed by atoms with Crippen molar-refractivity contribution in [2.75, 3.05) is 19.0 Å². The Morgan fingerprint density at radius 1 is 1.19 bits per heavy atom. The smallest absolute Gasteiger partial charge is 0.262 e. The lowest BCUT2D eigenvalue weighted by Crippen LogP contribution is -2.25. The number of nitrogens with one attached hydrogen (secondary N) is 1. The van der Waals surface area contributed by atoms with Crippen LogP contribution < -0.4 is 14.8 Å². The minimum absolute atomic E-state index is 0.0348. The normalized spacial score (nSPS) is 14.7. The molecule has 0 radical (unpaired) electrons. The average molecular weight is 348 g/mol. The summed E-state index contributed by atoms with van der Waals surface area (Å²) >= 11 is 3.69. The third-order valence-electron chi connectivity index (χ3n) is 3.34. The molecule has 1 amide bonds. The highest BCUT2D eigenvalue weighted by atomic mass is 79.9. The van der Waals surface area contributed by atoms with Crippen LogP contribution in [0.25, 0.3) is 0 Å². The molecule has 1 heterocycles. The number of benzene rings is 2. The van der Waals surface area contributed by atoms with Crippen LogP contribution in [0, 0.1) is 0 Å². The van der Waals surface area contributed by atoms with Gasteiger partial charge in [-0.1, -0.05) is 34.1 Å². The Morgan fingerprint density at radius 3 is 2.62 bits per heavy atom. The van der Waals surface area contributed by atoms with Crippen molar-refractivity contribution in [3.63, 3.8) is 0 Å². The molecule has 2 aromatic rings. The van der Waals surface area contributed by atoms with Gasteiger partial charge in [0, 0.05) is 0 Å². The van der Waals surface area contributed by atoms with Gasteiger partial charge < -0.3 is 14.8 Å². The van der Waals surface area contributed by atoms with E-state index in [1.807, 2.05) is 42.5 Å². The number of halogens is 1. The molecule has 1 unspecified atom stereocenters. The molecule has 0 spiro atoms. The fraction of sp³-hybridized carbons (Fsp3) is 0.188. The second-order valence-electron chi connectivity index (χ2n) is 4.73. The van der Waals surface area contributed by atoms with E-state index in [4.69, 9.17) is 9.47 Å². The number of amides is 1. The molecule has 0 saturated carbocycles. The lowest BCUT2D eigenvalue weighted by molar-refractivity contribution is -0.118. The van der Waals surface area contributed by atoms with E-state index in [0.29, 0.717) is 11.4 Å². The van der Waals surface area contributed by atoms with Crippen LogP contribution in [-0.2, 0) is 4.79 Å². The summed E-state index contributed by atoms with van der Waals surface area (Å²) in [7, 11) is 1.65. The second-order valence-corrected chi connectivity index (χ2v) is 5.64. The Labute approximate surface area is 131 Å². The fourth-order valence-electron chi connectivity index (χ4n) is 2.22. The molecular formula is C16H14BrNO3. The van der Waals surface area contributed by atoms with E-state index >= 15 is 0 Å². The number of carbonyl (C=O) groups excluding carboxylic acids is 1. The predicted molar refractivity (Wildman–Crippen MR) is 84.3 cm³/mol. The van der Waals surface area contributed by atoms with Crippen molar-refractivity contribution in [1.82, 2.24) is 0 Å². The minimum atomic E-state index is -0.129. The molecule has 0 aromatic heterocycles. The number of hydrogen-bond donors (Lipinski definition) is 1. The third-order valence-corrected chi connectivity index (χ3v) is 4.39. The molecule has 1 aliphatic heterocycles. The molecule has 1 aliphatic rings. The van der Waals surface area contributed by atoms with Crippen LogP contribution in [0.2, 0.25) is 0 Å². The van der Waals surface area contributed by atoms with Crippen LogP contribution in [0.1, 0.15) is 16.0 Å². The summed E-state index contributed by atoms with van der Waals surface area (Å²) in [6.45, 7) is 0.0720. The Morgan fingerprint density at radius 2 is 1.90 bits per heavy atom. The van der Waals surface area contributed by atoms with Crippen molar-refractivity contribution in [3.8, 4) is 11.5 Å². The van der Waals surface area contributed by atoms with Gasteiger partial charge in [-0.25, -0.2) is 0 Å². The highest BCUT2D eigenvalue weighted by Crippen LogP contribution is 2.36. The van der Waals surface area contributed by atoms with E-state index in [1.54, 1.807) is 7.11 Å². The van der Waals surface area contributed by atoms with E-state index in [2.05, 4.69) is 21.2 Å². The van der Waals surface area contributed by atoms with E-state index in [-0.39, 0.29) is 17.3 Å². The number of alkyl halides is 1. The topological polar surface area (TPSA) is 47.6 Å². The summed E-state index contributed by atoms with van der Waals surface area (Å²) in [6.07, 6.45) is 0. The Kier molecular flexibility index (Phi) is 3.84. The molecule has 3 rings (SSSR count). The van der Waals surface area contributed by atoms with Crippen LogP contribution >= 0.6 is 15.9 Å². The molecule has 5 heteroatoms. The largest absolute Gasteiger partial charge is 0.497 e. The van der Waals surface area contributed by atoms with Crippen molar-refractivity contribution in [2.45, 2.75) is 4.83 Å². The number of carbonyl (C=O) groups is 1. The molecule has 0 saturated heterocycles. The molecule has 108 valence electrons. The Bertz CT molecular complexity index is 670. The molecule has 1 atom stereocenters. The monoisotopic (exact) mass is 347 g/mol. The maximum absolute atomic E-state index is 11.4. The molecule has 2 aromatic carbocycles. The number of fused-ring (bicyclic) bond motifs is 1. The van der Waals surface area contributed by atoms with Crippen molar-refractivity contribution in [1.29, 1.82) is 0 Å². The zero-order chi connectivity index (χ0) is 14.8.